The molecule has 0 amide bonds. The fraction of sp³-hybridized carbons (Fsp3) is 0.846. The Morgan fingerprint density at radius 3 is 3.06 bits per heavy atom. The topological polar surface area (TPSA) is 42.5 Å². The first-order valence-electron chi connectivity index (χ1n) is 6.57. The van der Waals surface area contributed by atoms with Gasteiger partial charge in [0.15, 0.2) is 0 Å². The van der Waals surface area contributed by atoms with Crippen LogP contribution in [0.4, 0.5) is 0 Å². The molecule has 3 rings (SSSR count). The molecular weight excluding hydrogens is 216 g/mol. The van der Waals surface area contributed by atoms with E-state index in [1.165, 1.54) is 25.7 Å². The molecule has 5 atom stereocenters. The van der Waals surface area contributed by atoms with Crippen LogP contribution in [0.3, 0.4) is 0 Å². The smallest absolute Gasteiger partial charge is 0.138 e. The summed E-state index contributed by atoms with van der Waals surface area (Å²) in [7, 11) is 0. The molecule has 94 valence electrons. The van der Waals surface area contributed by atoms with Crippen molar-refractivity contribution in [3.05, 3.63) is 0 Å². The van der Waals surface area contributed by atoms with Gasteiger partial charge in [-0.25, -0.2) is 0 Å². The zero-order valence-corrected chi connectivity index (χ0v) is 10.0. The molecule has 0 aromatic rings. The molecule has 1 aliphatic carbocycles. The lowest BCUT2D eigenvalue weighted by Gasteiger charge is -2.35. The first-order valence-corrected chi connectivity index (χ1v) is 6.57. The Balaban J connectivity index is 1.69. The highest BCUT2D eigenvalue weighted by Crippen LogP contribution is 2.39. The van der Waals surface area contributed by atoms with E-state index >= 15 is 0 Å². The minimum absolute atomic E-state index is 0.0529. The van der Waals surface area contributed by atoms with E-state index in [0.29, 0.717) is 24.7 Å². The van der Waals surface area contributed by atoms with Crippen LogP contribution in [0.15, 0.2) is 0 Å². The summed E-state index contributed by atoms with van der Waals surface area (Å²) in [6.45, 7) is 1.13. The van der Waals surface area contributed by atoms with Gasteiger partial charge in [0.2, 0.25) is 0 Å². The van der Waals surface area contributed by atoms with E-state index < -0.39 is 0 Å². The largest absolute Gasteiger partial charge is 0.369 e. The molecule has 2 aliphatic heterocycles. The van der Waals surface area contributed by atoms with Gasteiger partial charge in [-0.1, -0.05) is 18.8 Å². The summed E-state index contributed by atoms with van der Waals surface area (Å²) in [5, 5.41) is 6.80. The van der Waals surface area contributed by atoms with Gasteiger partial charge in [0.25, 0.3) is 0 Å². The molecular formula is C13H20N2O2. The van der Waals surface area contributed by atoms with Gasteiger partial charge < -0.3 is 9.47 Å². The second-order valence-electron chi connectivity index (χ2n) is 5.13. The van der Waals surface area contributed by atoms with Crippen molar-refractivity contribution >= 4 is 0 Å². The van der Waals surface area contributed by atoms with Crippen LogP contribution in [-0.2, 0) is 9.47 Å². The molecule has 17 heavy (non-hydrogen) atoms. The van der Waals surface area contributed by atoms with Crippen LogP contribution in [0.1, 0.15) is 25.7 Å². The number of fused-ring (bicyclic) bond motifs is 3. The molecule has 2 N–H and O–H groups in total. The number of ether oxygens (including phenoxy) is 2. The summed E-state index contributed by atoms with van der Waals surface area (Å²) in [5.41, 5.74) is 0. The van der Waals surface area contributed by atoms with Gasteiger partial charge >= 0.3 is 0 Å². The molecule has 2 heterocycles. The van der Waals surface area contributed by atoms with Crippen LogP contribution in [-0.4, -0.2) is 37.8 Å². The van der Waals surface area contributed by atoms with Gasteiger partial charge in [-0.05, 0) is 12.8 Å². The Bertz CT molecular complexity index is 315. The van der Waals surface area contributed by atoms with E-state index in [0.717, 1.165) is 6.67 Å². The van der Waals surface area contributed by atoms with Gasteiger partial charge in [0.1, 0.15) is 18.9 Å². The van der Waals surface area contributed by atoms with Gasteiger partial charge in [-0.2, -0.15) is 0 Å². The van der Waals surface area contributed by atoms with Crippen molar-refractivity contribution in [3.63, 3.8) is 0 Å². The number of nitrogens with one attached hydrogen (secondary N) is 2. The molecule has 1 saturated carbocycles. The quantitative estimate of drug-likeness (QED) is 0.683. The minimum atomic E-state index is -0.0529. The number of hydrogen-bond acceptors (Lipinski definition) is 4. The molecule has 0 spiro atoms. The van der Waals surface area contributed by atoms with Crippen molar-refractivity contribution in [2.45, 2.75) is 50.2 Å². The van der Waals surface area contributed by atoms with Gasteiger partial charge in [0.05, 0.1) is 6.10 Å². The van der Waals surface area contributed by atoms with Crippen LogP contribution in [0.2, 0.25) is 0 Å². The predicted octanol–water partition coefficient (Wildman–Crippen LogP) is 0.439. The SMILES string of the molecule is C#CCOC1NCNC2C3CCCCC3OC12. The molecule has 4 nitrogen and oxygen atoms in total. The highest BCUT2D eigenvalue weighted by atomic mass is 16.6. The molecule has 0 aromatic heterocycles. The maximum absolute atomic E-state index is 6.16. The van der Waals surface area contributed by atoms with Crippen molar-refractivity contribution in [1.29, 1.82) is 0 Å². The first kappa shape index (κ1) is 11.5. The number of terminal acetylenes is 1. The van der Waals surface area contributed by atoms with Gasteiger partial charge in [-0.15, -0.1) is 6.42 Å². The minimum Gasteiger partial charge on any atom is -0.369 e. The summed E-state index contributed by atoms with van der Waals surface area (Å²) in [6, 6.07) is 0.435. The molecule has 5 unspecified atom stereocenters. The molecule has 2 saturated heterocycles. The second kappa shape index (κ2) is 4.95. The normalized spacial score (nSPS) is 44.8. The molecule has 0 bridgehead atoms. The summed E-state index contributed by atoms with van der Waals surface area (Å²) < 4.78 is 11.8. The Morgan fingerprint density at radius 2 is 2.18 bits per heavy atom. The summed E-state index contributed by atoms with van der Waals surface area (Å²) >= 11 is 0. The Kier molecular flexibility index (Phi) is 3.34. The lowest BCUT2D eigenvalue weighted by Crippen LogP contribution is -2.61. The fourth-order valence-corrected chi connectivity index (χ4v) is 3.45. The lowest BCUT2D eigenvalue weighted by molar-refractivity contribution is -0.0955. The highest BCUT2D eigenvalue weighted by Gasteiger charge is 2.49. The third-order valence-corrected chi connectivity index (χ3v) is 4.19. The Morgan fingerprint density at radius 1 is 1.29 bits per heavy atom. The highest BCUT2D eigenvalue weighted by molar-refractivity contribution is 5.01. The predicted molar refractivity (Wildman–Crippen MR) is 64.1 cm³/mol. The van der Waals surface area contributed by atoms with Gasteiger partial charge in [-0.3, -0.25) is 10.6 Å². The van der Waals surface area contributed by atoms with E-state index in [2.05, 4.69) is 16.6 Å². The molecule has 0 aromatic carbocycles. The maximum atomic E-state index is 6.16. The van der Waals surface area contributed by atoms with E-state index in [1.807, 2.05) is 0 Å². The van der Waals surface area contributed by atoms with Crippen LogP contribution < -0.4 is 10.6 Å². The summed E-state index contributed by atoms with van der Waals surface area (Å²) in [6.07, 6.45) is 10.8. The first-order chi connectivity index (χ1) is 8.40. The van der Waals surface area contributed by atoms with Crippen LogP contribution in [0.5, 0.6) is 0 Å². The average molecular weight is 236 g/mol. The van der Waals surface area contributed by atoms with E-state index in [1.54, 1.807) is 0 Å². The molecule has 0 radical (unpaired) electrons. The van der Waals surface area contributed by atoms with E-state index in [4.69, 9.17) is 15.9 Å². The lowest BCUT2D eigenvalue weighted by atomic mass is 9.82. The van der Waals surface area contributed by atoms with E-state index in [-0.39, 0.29) is 12.3 Å². The molecule has 4 heteroatoms. The fourth-order valence-electron chi connectivity index (χ4n) is 3.45. The van der Waals surface area contributed by atoms with Crippen molar-refractivity contribution in [2.75, 3.05) is 13.3 Å². The monoisotopic (exact) mass is 236 g/mol. The average Bonchev–Trinajstić information content (AvgIpc) is 2.75. The van der Waals surface area contributed by atoms with Crippen LogP contribution in [0.25, 0.3) is 0 Å². The zero-order valence-electron chi connectivity index (χ0n) is 10.0. The number of rotatable bonds is 2. The maximum Gasteiger partial charge on any atom is 0.138 e. The third-order valence-electron chi connectivity index (χ3n) is 4.19. The Hall–Kier alpha value is -0.600. The number of hydrogen-bond donors (Lipinski definition) is 2. The molecule has 3 aliphatic rings. The summed E-state index contributed by atoms with van der Waals surface area (Å²) in [4.78, 5) is 0. The van der Waals surface area contributed by atoms with Crippen molar-refractivity contribution < 1.29 is 9.47 Å². The van der Waals surface area contributed by atoms with E-state index in [9.17, 15) is 0 Å². The second-order valence-corrected chi connectivity index (χ2v) is 5.13. The van der Waals surface area contributed by atoms with Crippen molar-refractivity contribution in [2.24, 2.45) is 5.92 Å². The van der Waals surface area contributed by atoms with Gasteiger partial charge in [0, 0.05) is 18.6 Å². The Labute approximate surface area is 102 Å². The standard InChI is InChI=1S/C13H20N2O2/c1-2-7-16-13-12-11(14-8-15-13)9-5-3-4-6-10(9)17-12/h1,9-15H,3-8H2. The van der Waals surface area contributed by atoms with Crippen molar-refractivity contribution in [1.82, 2.24) is 10.6 Å². The van der Waals surface area contributed by atoms with Crippen LogP contribution in [0, 0.1) is 18.3 Å². The zero-order chi connectivity index (χ0) is 11.7. The molecule has 3 fully saturated rings. The van der Waals surface area contributed by atoms with Crippen molar-refractivity contribution in [3.8, 4) is 12.3 Å². The van der Waals surface area contributed by atoms with Crippen LogP contribution >= 0.6 is 0 Å². The third kappa shape index (κ3) is 2.09. The summed E-state index contributed by atoms with van der Waals surface area (Å²) in [5.74, 6) is 3.18.